The van der Waals surface area contributed by atoms with Gasteiger partial charge in [0.1, 0.15) is 6.29 Å². The van der Waals surface area contributed by atoms with Crippen LogP contribution >= 0.6 is 0 Å². The Kier molecular flexibility index (Phi) is 4.86. The number of carbonyl (C=O) groups is 1. The lowest BCUT2D eigenvalue weighted by atomic mass is 10.2. The van der Waals surface area contributed by atoms with Crippen molar-refractivity contribution in [3.05, 3.63) is 23.8 Å². The van der Waals surface area contributed by atoms with Crippen molar-refractivity contribution >= 4 is 22.1 Å². The van der Waals surface area contributed by atoms with E-state index in [2.05, 4.69) is 0 Å². The summed E-state index contributed by atoms with van der Waals surface area (Å²) in [6, 6.07) is 5.00. The topological polar surface area (TPSA) is 63.7 Å². The Morgan fingerprint density at radius 3 is 2.56 bits per heavy atom. The summed E-state index contributed by atoms with van der Waals surface area (Å²) in [5.41, 5.74) is 1.45. The Morgan fingerprint density at radius 1 is 1.33 bits per heavy atom. The van der Waals surface area contributed by atoms with E-state index in [1.807, 2.05) is 25.1 Å². The maximum atomic E-state index is 11.9. The molecule has 0 saturated carbocycles. The third-order valence-electron chi connectivity index (χ3n) is 2.48. The molecule has 5 nitrogen and oxygen atoms in total. The molecule has 1 aromatic carbocycles. The van der Waals surface area contributed by atoms with Gasteiger partial charge in [-0.3, -0.25) is 4.18 Å². The van der Waals surface area contributed by atoms with E-state index < -0.39 is 10.1 Å². The van der Waals surface area contributed by atoms with E-state index in [1.165, 1.54) is 6.07 Å². The van der Waals surface area contributed by atoms with Crippen molar-refractivity contribution in [3.8, 4) is 0 Å². The summed E-state index contributed by atoms with van der Waals surface area (Å²) >= 11 is 0. The molecule has 0 unspecified atom stereocenters. The van der Waals surface area contributed by atoms with Gasteiger partial charge in [-0.15, -0.1) is 0 Å². The Hall–Kier alpha value is -1.40. The molecule has 0 bridgehead atoms. The first-order valence-electron chi connectivity index (χ1n) is 5.50. The summed E-state index contributed by atoms with van der Waals surface area (Å²) in [5.74, 6) is 0. The highest BCUT2D eigenvalue weighted by molar-refractivity contribution is 7.86. The van der Waals surface area contributed by atoms with Gasteiger partial charge in [-0.25, -0.2) is 0 Å². The minimum Gasteiger partial charge on any atom is -0.377 e. The Morgan fingerprint density at radius 2 is 2.00 bits per heavy atom. The van der Waals surface area contributed by atoms with Crippen molar-refractivity contribution in [2.75, 3.05) is 25.6 Å². The van der Waals surface area contributed by atoms with Crippen LogP contribution in [0.5, 0.6) is 0 Å². The van der Waals surface area contributed by atoms with E-state index in [9.17, 15) is 13.2 Å². The molecule has 0 fully saturated rings. The van der Waals surface area contributed by atoms with Crippen molar-refractivity contribution < 1.29 is 17.4 Å². The van der Waals surface area contributed by atoms with Crippen LogP contribution in [0.1, 0.15) is 12.0 Å². The van der Waals surface area contributed by atoms with Gasteiger partial charge in [0, 0.05) is 26.2 Å². The van der Waals surface area contributed by atoms with E-state index in [0.717, 1.165) is 5.69 Å². The predicted molar refractivity (Wildman–Crippen MR) is 69.3 cm³/mol. The Bertz CT molecular complexity index is 523. The number of benzene rings is 1. The lowest BCUT2D eigenvalue weighted by molar-refractivity contribution is -0.108. The second-order valence-corrected chi connectivity index (χ2v) is 5.61. The maximum absolute atomic E-state index is 11.9. The van der Waals surface area contributed by atoms with Gasteiger partial charge in [0.15, 0.2) is 0 Å². The number of nitrogens with zero attached hydrogens (tertiary/aromatic N) is 1. The molecular formula is C12H17NO4S. The normalized spacial score (nSPS) is 11.3. The summed E-state index contributed by atoms with van der Waals surface area (Å²) in [4.78, 5) is 12.1. The minimum atomic E-state index is -3.80. The maximum Gasteiger partial charge on any atom is 0.297 e. The monoisotopic (exact) mass is 271 g/mol. The molecule has 0 saturated heterocycles. The fourth-order valence-corrected chi connectivity index (χ4v) is 2.80. The van der Waals surface area contributed by atoms with E-state index in [1.54, 1.807) is 13.0 Å². The van der Waals surface area contributed by atoms with Gasteiger partial charge in [-0.05, 0) is 24.6 Å². The molecule has 100 valence electrons. The van der Waals surface area contributed by atoms with Crippen LogP contribution in [0.4, 0.5) is 5.69 Å². The predicted octanol–water partition coefficient (Wildman–Crippen LogP) is 1.36. The molecule has 0 heterocycles. The number of rotatable bonds is 6. The average Bonchev–Trinajstić information content (AvgIpc) is 2.28. The van der Waals surface area contributed by atoms with Crippen LogP contribution in [0.25, 0.3) is 0 Å². The molecule has 0 spiro atoms. The van der Waals surface area contributed by atoms with E-state index in [4.69, 9.17) is 4.18 Å². The second-order valence-electron chi connectivity index (χ2n) is 4.03. The van der Waals surface area contributed by atoms with Crippen molar-refractivity contribution in [3.63, 3.8) is 0 Å². The summed E-state index contributed by atoms with van der Waals surface area (Å²) in [6.45, 7) is 1.60. The van der Waals surface area contributed by atoms with Gasteiger partial charge in [0.25, 0.3) is 10.1 Å². The van der Waals surface area contributed by atoms with Crippen molar-refractivity contribution in [1.29, 1.82) is 0 Å². The highest BCUT2D eigenvalue weighted by Crippen LogP contribution is 2.26. The van der Waals surface area contributed by atoms with Crippen LogP contribution in [-0.2, 0) is 19.1 Å². The van der Waals surface area contributed by atoms with Crippen molar-refractivity contribution in [2.45, 2.75) is 18.2 Å². The number of carbonyl (C=O) groups excluding carboxylic acids is 1. The largest absolute Gasteiger partial charge is 0.377 e. The first-order chi connectivity index (χ1) is 8.40. The molecule has 0 amide bonds. The van der Waals surface area contributed by atoms with E-state index in [0.29, 0.717) is 11.8 Å². The number of hydrogen-bond acceptors (Lipinski definition) is 5. The number of aldehydes is 1. The molecule has 0 aliphatic heterocycles. The molecule has 0 atom stereocenters. The van der Waals surface area contributed by atoms with Crippen molar-refractivity contribution in [1.82, 2.24) is 0 Å². The van der Waals surface area contributed by atoms with E-state index in [-0.39, 0.29) is 17.9 Å². The van der Waals surface area contributed by atoms with Crippen molar-refractivity contribution in [2.24, 2.45) is 0 Å². The molecular weight excluding hydrogens is 254 g/mol. The molecule has 1 rings (SSSR count). The van der Waals surface area contributed by atoms with Crippen LogP contribution in [0.2, 0.25) is 0 Å². The standard InChI is InChI=1S/C12H17NO4S/c1-10-11(13(2)3)6-4-7-12(10)18(15,16)17-9-5-8-14/h4,6-8H,5,9H2,1-3H3. The lowest BCUT2D eigenvalue weighted by Crippen LogP contribution is -2.14. The average molecular weight is 271 g/mol. The van der Waals surface area contributed by atoms with Crippen LogP contribution < -0.4 is 4.90 Å². The van der Waals surface area contributed by atoms with Crippen LogP contribution in [0.3, 0.4) is 0 Å². The van der Waals surface area contributed by atoms with Gasteiger partial charge in [-0.2, -0.15) is 8.42 Å². The number of anilines is 1. The third-order valence-corrected chi connectivity index (χ3v) is 3.94. The second kappa shape index (κ2) is 5.97. The minimum absolute atomic E-state index is 0.0612. The first kappa shape index (κ1) is 14.7. The van der Waals surface area contributed by atoms with E-state index >= 15 is 0 Å². The van der Waals surface area contributed by atoms with Crippen LogP contribution in [0.15, 0.2) is 23.1 Å². The number of hydrogen-bond donors (Lipinski definition) is 0. The van der Waals surface area contributed by atoms with Crippen LogP contribution in [0, 0.1) is 6.92 Å². The quantitative estimate of drug-likeness (QED) is 0.444. The smallest absolute Gasteiger partial charge is 0.297 e. The SMILES string of the molecule is Cc1c(N(C)C)cccc1S(=O)(=O)OCCC=O. The molecule has 6 heteroatoms. The highest BCUT2D eigenvalue weighted by Gasteiger charge is 2.19. The summed E-state index contributed by atoms with van der Waals surface area (Å²) < 4.78 is 28.7. The molecule has 0 aromatic heterocycles. The zero-order valence-corrected chi connectivity index (χ0v) is 11.5. The fourth-order valence-electron chi connectivity index (χ4n) is 1.63. The lowest BCUT2D eigenvalue weighted by Gasteiger charge is -2.17. The summed E-state index contributed by atoms with van der Waals surface area (Å²) in [5, 5.41) is 0. The van der Waals surface area contributed by atoms with Gasteiger partial charge in [-0.1, -0.05) is 6.07 Å². The Labute approximate surface area is 107 Å². The molecule has 0 N–H and O–H groups in total. The highest BCUT2D eigenvalue weighted by atomic mass is 32.2. The van der Waals surface area contributed by atoms with Gasteiger partial charge >= 0.3 is 0 Å². The Balaban J connectivity index is 3.09. The molecule has 0 aliphatic carbocycles. The van der Waals surface area contributed by atoms with Gasteiger partial charge in [0.2, 0.25) is 0 Å². The van der Waals surface area contributed by atoms with Gasteiger partial charge < -0.3 is 9.69 Å². The summed E-state index contributed by atoms with van der Waals surface area (Å²) in [6.07, 6.45) is 0.685. The zero-order chi connectivity index (χ0) is 13.8. The van der Waals surface area contributed by atoms with Crippen LogP contribution in [-0.4, -0.2) is 35.4 Å². The molecule has 0 aliphatic rings. The van der Waals surface area contributed by atoms with Gasteiger partial charge in [0.05, 0.1) is 11.5 Å². The fraction of sp³-hybridized carbons (Fsp3) is 0.417. The molecule has 0 radical (unpaired) electrons. The molecule has 1 aromatic rings. The first-order valence-corrected chi connectivity index (χ1v) is 6.91. The third kappa shape index (κ3) is 3.30. The zero-order valence-electron chi connectivity index (χ0n) is 10.7. The molecule has 18 heavy (non-hydrogen) atoms. The summed E-state index contributed by atoms with van der Waals surface area (Å²) in [7, 11) is -0.126.